The van der Waals surface area contributed by atoms with E-state index in [2.05, 4.69) is 4.90 Å². The lowest BCUT2D eigenvalue weighted by Gasteiger charge is -2.38. The number of rotatable bonds is 4. The van der Waals surface area contributed by atoms with Crippen LogP contribution in [0.3, 0.4) is 0 Å². The molecule has 0 saturated carbocycles. The molecule has 2 amide bonds. The first-order chi connectivity index (χ1) is 14.4. The standard InChI is InChI=1S/C22H24ClN3O4/c1-14-11-17(20(30-2)12-15(14)23)26-21(28)13-18(22(26)29)25-9-7-24(8-10-25)16-5-3-4-6-19(16)27/h3-6,11-12,18,27H,7-10,13H2,1-2H3/t18-/m1/s1. The van der Waals surface area contributed by atoms with Crippen molar-refractivity contribution < 1.29 is 19.4 Å². The summed E-state index contributed by atoms with van der Waals surface area (Å²) >= 11 is 6.17. The van der Waals surface area contributed by atoms with E-state index in [0.29, 0.717) is 42.6 Å². The van der Waals surface area contributed by atoms with Crippen LogP contribution >= 0.6 is 11.6 Å². The van der Waals surface area contributed by atoms with Crippen LogP contribution in [0.2, 0.25) is 5.02 Å². The van der Waals surface area contributed by atoms with Crippen molar-refractivity contribution in [1.82, 2.24) is 4.90 Å². The van der Waals surface area contributed by atoms with Gasteiger partial charge in [0.2, 0.25) is 5.91 Å². The number of carbonyl (C=O) groups is 2. The minimum absolute atomic E-state index is 0.139. The van der Waals surface area contributed by atoms with E-state index in [1.165, 1.54) is 12.0 Å². The maximum Gasteiger partial charge on any atom is 0.251 e. The number of aromatic hydroxyl groups is 1. The highest BCUT2D eigenvalue weighted by atomic mass is 35.5. The lowest BCUT2D eigenvalue weighted by molar-refractivity contribution is -0.123. The largest absolute Gasteiger partial charge is 0.506 e. The molecule has 0 bridgehead atoms. The van der Waals surface area contributed by atoms with Crippen molar-refractivity contribution in [3.8, 4) is 11.5 Å². The third-order valence-electron chi connectivity index (χ3n) is 5.80. The fourth-order valence-electron chi connectivity index (χ4n) is 4.15. The number of anilines is 2. The average molecular weight is 430 g/mol. The maximum atomic E-state index is 13.2. The predicted molar refractivity (Wildman–Crippen MR) is 116 cm³/mol. The zero-order valence-electron chi connectivity index (χ0n) is 17.0. The summed E-state index contributed by atoms with van der Waals surface area (Å²) in [6.45, 7) is 4.41. The second kappa shape index (κ2) is 8.16. The van der Waals surface area contributed by atoms with Gasteiger partial charge in [0.1, 0.15) is 11.5 Å². The molecule has 30 heavy (non-hydrogen) atoms. The number of ether oxygens (including phenoxy) is 1. The molecule has 2 aliphatic rings. The Bertz CT molecular complexity index is 988. The van der Waals surface area contributed by atoms with Gasteiger partial charge in [-0.25, -0.2) is 4.90 Å². The van der Waals surface area contributed by atoms with Gasteiger partial charge in [0.15, 0.2) is 0 Å². The van der Waals surface area contributed by atoms with Crippen LogP contribution in [-0.4, -0.2) is 61.2 Å². The number of amides is 2. The highest BCUT2D eigenvalue weighted by Crippen LogP contribution is 2.37. The third-order valence-corrected chi connectivity index (χ3v) is 6.21. The Morgan fingerprint density at radius 1 is 1.07 bits per heavy atom. The first-order valence-corrected chi connectivity index (χ1v) is 10.3. The summed E-state index contributed by atoms with van der Waals surface area (Å²) in [5.41, 5.74) is 1.99. The molecule has 0 spiro atoms. The summed E-state index contributed by atoms with van der Waals surface area (Å²) < 4.78 is 5.37. The van der Waals surface area contributed by atoms with Gasteiger partial charge < -0.3 is 14.7 Å². The molecule has 0 unspecified atom stereocenters. The van der Waals surface area contributed by atoms with Crippen molar-refractivity contribution in [3.63, 3.8) is 0 Å². The van der Waals surface area contributed by atoms with Crippen molar-refractivity contribution in [1.29, 1.82) is 0 Å². The van der Waals surface area contributed by atoms with E-state index < -0.39 is 6.04 Å². The van der Waals surface area contributed by atoms with Gasteiger partial charge in [0, 0.05) is 37.3 Å². The first-order valence-electron chi connectivity index (χ1n) is 9.88. The monoisotopic (exact) mass is 429 g/mol. The molecule has 2 aromatic rings. The van der Waals surface area contributed by atoms with Gasteiger partial charge in [0.25, 0.3) is 5.91 Å². The minimum atomic E-state index is -0.496. The number of halogens is 1. The Morgan fingerprint density at radius 3 is 2.43 bits per heavy atom. The van der Waals surface area contributed by atoms with Crippen molar-refractivity contribution in [3.05, 3.63) is 47.0 Å². The van der Waals surface area contributed by atoms with Crippen molar-refractivity contribution in [2.75, 3.05) is 43.1 Å². The van der Waals surface area contributed by atoms with E-state index in [1.54, 1.807) is 24.3 Å². The molecule has 0 aliphatic carbocycles. The highest BCUT2D eigenvalue weighted by Gasteiger charge is 2.44. The molecule has 2 saturated heterocycles. The molecule has 2 fully saturated rings. The molecule has 7 nitrogen and oxygen atoms in total. The lowest BCUT2D eigenvalue weighted by atomic mass is 10.1. The number of nitrogens with zero attached hydrogens (tertiary/aromatic N) is 3. The van der Waals surface area contributed by atoms with E-state index in [9.17, 15) is 14.7 Å². The molecule has 158 valence electrons. The van der Waals surface area contributed by atoms with E-state index >= 15 is 0 Å². The van der Waals surface area contributed by atoms with Crippen LogP contribution in [0.1, 0.15) is 12.0 Å². The van der Waals surface area contributed by atoms with Crippen LogP contribution in [0, 0.1) is 6.92 Å². The first kappa shape index (κ1) is 20.5. The molecule has 1 atom stereocenters. The average Bonchev–Trinajstić information content (AvgIpc) is 3.04. The molecule has 8 heteroatoms. The van der Waals surface area contributed by atoms with Gasteiger partial charge in [-0.1, -0.05) is 23.7 Å². The Labute approximate surface area is 180 Å². The van der Waals surface area contributed by atoms with Crippen molar-refractivity contribution in [2.24, 2.45) is 0 Å². The number of aryl methyl sites for hydroxylation is 1. The number of phenols is 1. The van der Waals surface area contributed by atoms with E-state index in [1.807, 2.05) is 24.0 Å². The highest BCUT2D eigenvalue weighted by molar-refractivity contribution is 6.32. The van der Waals surface area contributed by atoms with Gasteiger partial charge in [-0.3, -0.25) is 14.5 Å². The summed E-state index contributed by atoms with van der Waals surface area (Å²) in [6, 6.07) is 10.1. The van der Waals surface area contributed by atoms with Crippen LogP contribution in [0.25, 0.3) is 0 Å². The number of piperazine rings is 1. The molecular weight excluding hydrogens is 406 g/mol. The van der Waals surface area contributed by atoms with Gasteiger partial charge in [0.05, 0.1) is 30.9 Å². The molecule has 2 aromatic carbocycles. The summed E-state index contributed by atoms with van der Waals surface area (Å²) in [5, 5.41) is 10.6. The topological polar surface area (TPSA) is 73.3 Å². The molecule has 0 radical (unpaired) electrons. The van der Waals surface area contributed by atoms with Crippen molar-refractivity contribution in [2.45, 2.75) is 19.4 Å². The SMILES string of the molecule is COc1cc(Cl)c(C)cc1N1C(=O)C[C@@H](N2CCN(c3ccccc3O)CC2)C1=O. The number of benzene rings is 2. The zero-order valence-corrected chi connectivity index (χ0v) is 17.7. The number of carbonyl (C=O) groups excluding carboxylic acids is 2. The quantitative estimate of drug-likeness (QED) is 0.753. The van der Waals surface area contributed by atoms with Crippen LogP contribution in [0.4, 0.5) is 11.4 Å². The van der Waals surface area contributed by atoms with E-state index in [4.69, 9.17) is 16.3 Å². The van der Waals surface area contributed by atoms with Gasteiger partial charge >= 0.3 is 0 Å². The van der Waals surface area contributed by atoms with Crippen LogP contribution in [0.15, 0.2) is 36.4 Å². The van der Waals surface area contributed by atoms with E-state index in [-0.39, 0.29) is 24.0 Å². The summed E-state index contributed by atoms with van der Waals surface area (Å²) in [7, 11) is 1.49. The number of phenolic OH excluding ortho intramolecular Hbond substituents is 1. The number of hydrogen-bond acceptors (Lipinski definition) is 6. The zero-order chi connectivity index (χ0) is 21.4. The van der Waals surface area contributed by atoms with Crippen molar-refractivity contribution >= 4 is 34.8 Å². The minimum Gasteiger partial charge on any atom is -0.506 e. The molecular formula is C22H24ClN3O4. The summed E-state index contributed by atoms with van der Waals surface area (Å²) in [5.74, 6) is 0.163. The second-order valence-electron chi connectivity index (χ2n) is 7.57. The maximum absolute atomic E-state index is 13.2. The number of imide groups is 1. The normalized spacial score (nSPS) is 20.2. The number of methoxy groups -OCH3 is 1. The summed E-state index contributed by atoms with van der Waals surface area (Å²) in [6.07, 6.45) is 0.139. The predicted octanol–water partition coefficient (Wildman–Crippen LogP) is 2.82. The van der Waals surface area contributed by atoms with Gasteiger partial charge in [-0.05, 0) is 30.7 Å². The Hall–Kier alpha value is -2.77. The fraction of sp³-hybridized carbons (Fsp3) is 0.364. The molecule has 2 heterocycles. The molecule has 1 N–H and O–H groups in total. The fourth-order valence-corrected chi connectivity index (χ4v) is 4.30. The van der Waals surface area contributed by atoms with Gasteiger partial charge in [-0.15, -0.1) is 0 Å². The third kappa shape index (κ3) is 3.59. The number of hydrogen-bond donors (Lipinski definition) is 1. The Kier molecular flexibility index (Phi) is 5.58. The van der Waals surface area contributed by atoms with E-state index in [0.717, 1.165) is 11.3 Å². The van der Waals surface area contributed by atoms with Crippen LogP contribution < -0.4 is 14.5 Å². The summed E-state index contributed by atoms with van der Waals surface area (Å²) in [4.78, 5) is 31.4. The number of para-hydroxylation sites is 2. The molecule has 0 aromatic heterocycles. The lowest BCUT2D eigenvalue weighted by Crippen LogP contribution is -2.52. The second-order valence-corrected chi connectivity index (χ2v) is 7.98. The Balaban J connectivity index is 1.50. The molecule has 2 aliphatic heterocycles. The Morgan fingerprint density at radius 2 is 1.77 bits per heavy atom. The molecule has 4 rings (SSSR count). The van der Waals surface area contributed by atoms with Gasteiger partial charge in [-0.2, -0.15) is 0 Å². The van der Waals surface area contributed by atoms with Crippen LogP contribution in [0.5, 0.6) is 11.5 Å². The smallest absolute Gasteiger partial charge is 0.251 e. The van der Waals surface area contributed by atoms with Crippen LogP contribution in [-0.2, 0) is 9.59 Å².